The highest BCUT2D eigenvalue weighted by Crippen LogP contribution is 2.13. The van der Waals surface area contributed by atoms with Gasteiger partial charge in [0.2, 0.25) is 0 Å². The van der Waals surface area contributed by atoms with Crippen LogP contribution < -0.4 is 0 Å². The lowest BCUT2D eigenvalue weighted by atomic mass is 10.4. The van der Waals surface area contributed by atoms with E-state index in [1.807, 2.05) is 0 Å². The van der Waals surface area contributed by atoms with Crippen LogP contribution in [0.25, 0.3) is 0 Å². The van der Waals surface area contributed by atoms with Gasteiger partial charge >= 0.3 is 0 Å². The van der Waals surface area contributed by atoms with Gasteiger partial charge in [0.05, 0.1) is 5.38 Å². The van der Waals surface area contributed by atoms with Crippen molar-refractivity contribution in [2.24, 2.45) is 0 Å². The maximum absolute atomic E-state index is 7.00. The average molecular weight is 224 g/mol. The van der Waals surface area contributed by atoms with Gasteiger partial charge in [0.1, 0.15) is 0 Å². The quantitative estimate of drug-likeness (QED) is 0.555. The minimum atomic E-state index is -0.0455. The van der Waals surface area contributed by atoms with E-state index in [1.165, 1.54) is 0 Å². The molecule has 0 saturated heterocycles. The lowest BCUT2D eigenvalue weighted by molar-refractivity contribution is 0.399. The maximum atomic E-state index is 7.00. The van der Waals surface area contributed by atoms with Gasteiger partial charge in [-0.15, -0.1) is 34.8 Å². The van der Waals surface area contributed by atoms with Crippen molar-refractivity contribution in [2.75, 3.05) is 13.0 Å². The van der Waals surface area contributed by atoms with Crippen LogP contribution in [0.3, 0.4) is 0 Å². The molecule has 10 heavy (non-hydrogen) atoms. The summed E-state index contributed by atoms with van der Waals surface area (Å²) in [6.07, 6.45) is 0. The molecule has 2 atom stereocenters. The second-order valence-corrected chi connectivity index (χ2v) is 3.84. The Morgan fingerprint density at radius 3 is 1.80 bits per heavy atom. The predicted molar refractivity (Wildman–Crippen MR) is 52.9 cm³/mol. The highest BCUT2D eigenvalue weighted by molar-refractivity contribution is 6.35. The molecule has 0 fully saturated rings. The largest absolute Gasteiger partial charge is 0.400 e. The zero-order valence-electron chi connectivity index (χ0n) is 6.15. The smallest absolute Gasteiger partial charge is 0.0631 e. The van der Waals surface area contributed by atoms with Gasteiger partial charge in [-0.05, 0) is 6.04 Å². The zero-order chi connectivity index (χ0) is 8.57. The van der Waals surface area contributed by atoms with E-state index in [1.54, 1.807) is 0 Å². The standard InChI is InChI=1S/C4H9Cl3Si.CH4O/c5-1-3(6)4(7)2-8;1-2/h3-4H,1-2H2,8H3;2H,1H3. The van der Waals surface area contributed by atoms with Gasteiger partial charge in [0.25, 0.3) is 0 Å². The van der Waals surface area contributed by atoms with Gasteiger partial charge in [-0.25, -0.2) is 0 Å². The normalized spacial score (nSPS) is 15.3. The predicted octanol–water partition coefficient (Wildman–Crippen LogP) is 0.832. The second kappa shape index (κ2) is 10.0. The Morgan fingerprint density at radius 1 is 1.30 bits per heavy atom. The molecule has 64 valence electrons. The van der Waals surface area contributed by atoms with Gasteiger partial charge in [0.15, 0.2) is 0 Å². The molecule has 0 aliphatic rings. The molecule has 0 saturated carbocycles. The van der Waals surface area contributed by atoms with Crippen LogP contribution in [-0.4, -0.2) is 39.1 Å². The third kappa shape index (κ3) is 7.16. The van der Waals surface area contributed by atoms with Gasteiger partial charge in [-0.1, -0.05) is 0 Å². The van der Waals surface area contributed by atoms with E-state index < -0.39 is 0 Å². The molecule has 1 N–H and O–H groups in total. The van der Waals surface area contributed by atoms with Crippen LogP contribution in [0.4, 0.5) is 0 Å². The van der Waals surface area contributed by atoms with Crippen molar-refractivity contribution in [3.05, 3.63) is 0 Å². The van der Waals surface area contributed by atoms with Crippen LogP contribution in [0.15, 0.2) is 0 Å². The Kier molecular flexibility index (Phi) is 13.7. The summed E-state index contributed by atoms with van der Waals surface area (Å²) in [7, 11) is 2.10. The van der Waals surface area contributed by atoms with Crippen molar-refractivity contribution < 1.29 is 5.11 Å². The van der Waals surface area contributed by atoms with E-state index in [4.69, 9.17) is 39.9 Å². The monoisotopic (exact) mass is 222 g/mol. The SMILES string of the molecule is CO.[SiH3]CC(Cl)C(Cl)CCl. The Bertz CT molecular complexity index is 56.9. The molecule has 0 aromatic carbocycles. The summed E-state index contributed by atoms with van der Waals surface area (Å²) in [4.78, 5) is 0. The van der Waals surface area contributed by atoms with Gasteiger partial charge < -0.3 is 5.11 Å². The molecule has 0 rings (SSSR count). The fraction of sp³-hybridized carbons (Fsp3) is 1.00. The summed E-state index contributed by atoms with van der Waals surface area (Å²) >= 11 is 16.8. The van der Waals surface area contributed by atoms with Crippen molar-refractivity contribution in [3.8, 4) is 0 Å². The summed E-state index contributed by atoms with van der Waals surface area (Å²) in [5, 5.41) is 7.04. The first-order chi connectivity index (χ1) is 4.72. The third-order valence-electron chi connectivity index (χ3n) is 0.930. The number of aliphatic hydroxyl groups excluding tert-OH is 1. The molecular formula is C5H13Cl3OSi. The highest BCUT2D eigenvalue weighted by Gasteiger charge is 2.11. The summed E-state index contributed by atoms with van der Waals surface area (Å²) in [6.45, 7) is 0. The fourth-order valence-electron chi connectivity index (χ4n) is 0.352. The van der Waals surface area contributed by atoms with E-state index in [-0.39, 0.29) is 10.8 Å². The number of aliphatic hydroxyl groups is 1. The number of hydrogen-bond donors (Lipinski definition) is 1. The first-order valence-electron chi connectivity index (χ1n) is 3.01. The number of rotatable bonds is 3. The van der Waals surface area contributed by atoms with Crippen LogP contribution in [0, 0.1) is 0 Å². The van der Waals surface area contributed by atoms with Crippen molar-refractivity contribution in [1.82, 2.24) is 0 Å². The minimum absolute atomic E-state index is 0.0455. The van der Waals surface area contributed by atoms with Gasteiger partial charge in [-0.3, -0.25) is 0 Å². The Labute approximate surface area is 80.1 Å². The molecule has 0 aliphatic heterocycles. The maximum Gasteiger partial charge on any atom is 0.0631 e. The van der Waals surface area contributed by atoms with Crippen LogP contribution in [-0.2, 0) is 0 Å². The van der Waals surface area contributed by atoms with Crippen LogP contribution in [0.1, 0.15) is 0 Å². The van der Waals surface area contributed by atoms with E-state index in [2.05, 4.69) is 0 Å². The lowest BCUT2D eigenvalue weighted by Crippen LogP contribution is -2.15. The van der Waals surface area contributed by atoms with E-state index in [0.717, 1.165) is 23.4 Å². The second-order valence-electron chi connectivity index (χ2n) is 1.59. The molecule has 0 bridgehead atoms. The molecule has 0 amide bonds. The number of halogens is 3. The van der Waals surface area contributed by atoms with E-state index in [0.29, 0.717) is 5.88 Å². The van der Waals surface area contributed by atoms with Crippen molar-refractivity contribution in [3.63, 3.8) is 0 Å². The molecule has 2 unspecified atom stereocenters. The summed E-state index contributed by atoms with van der Waals surface area (Å²) in [6, 6.07) is 1.02. The Hall–Kier alpha value is 1.05. The highest BCUT2D eigenvalue weighted by atomic mass is 35.5. The van der Waals surface area contributed by atoms with E-state index >= 15 is 0 Å². The molecule has 0 aliphatic carbocycles. The topological polar surface area (TPSA) is 20.2 Å². The number of alkyl halides is 3. The average Bonchev–Trinajstić information content (AvgIpc) is 2.05. The Balaban J connectivity index is 0. The molecule has 1 nitrogen and oxygen atoms in total. The summed E-state index contributed by atoms with van der Waals surface area (Å²) in [5.41, 5.74) is 0. The Morgan fingerprint density at radius 2 is 1.70 bits per heavy atom. The molecule has 0 heterocycles. The third-order valence-corrected chi connectivity index (χ3v) is 4.02. The van der Waals surface area contributed by atoms with E-state index in [9.17, 15) is 0 Å². The van der Waals surface area contributed by atoms with Crippen molar-refractivity contribution in [1.29, 1.82) is 0 Å². The minimum Gasteiger partial charge on any atom is -0.400 e. The summed E-state index contributed by atoms with van der Waals surface area (Å²) in [5.74, 6) is 0.456. The van der Waals surface area contributed by atoms with Crippen molar-refractivity contribution >= 4 is 45.0 Å². The first kappa shape index (κ1) is 13.6. The molecule has 0 aromatic heterocycles. The van der Waals surface area contributed by atoms with Crippen LogP contribution in [0.5, 0.6) is 0 Å². The summed E-state index contributed by atoms with van der Waals surface area (Å²) < 4.78 is 0. The van der Waals surface area contributed by atoms with Crippen LogP contribution >= 0.6 is 34.8 Å². The molecular weight excluding hydrogens is 210 g/mol. The zero-order valence-corrected chi connectivity index (χ0v) is 10.4. The first-order valence-corrected chi connectivity index (χ1v) is 5.83. The van der Waals surface area contributed by atoms with Gasteiger partial charge in [-0.2, -0.15) is 0 Å². The number of hydrogen-bond acceptors (Lipinski definition) is 1. The fourth-order valence-corrected chi connectivity index (χ4v) is 1.79. The van der Waals surface area contributed by atoms with Crippen LogP contribution in [0.2, 0.25) is 6.04 Å². The molecule has 0 spiro atoms. The van der Waals surface area contributed by atoms with Gasteiger partial charge in [0, 0.05) is 28.6 Å². The molecule has 5 heteroatoms. The molecule has 0 aromatic rings. The molecule has 0 radical (unpaired) electrons. The lowest BCUT2D eigenvalue weighted by Gasteiger charge is -2.08. The van der Waals surface area contributed by atoms with Crippen molar-refractivity contribution in [2.45, 2.75) is 16.8 Å².